The Bertz CT molecular complexity index is 720. The predicted molar refractivity (Wildman–Crippen MR) is 78.3 cm³/mol. The van der Waals surface area contributed by atoms with Crippen molar-refractivity contribution in [1.29, 1.82) is 0 Å². The average Bonchev–Trinajstić information content (AvgIpc) is 2.98. The summed E-state index contributed by atoms with van der Waals surface area (Å²) < 4.78 is 1.83. The van der Waals surface area contributed by atoms with Crippen LogP contribution in [0, 0.1) is 0 Å². The number of rotatable bonds is 4. The quantitative estimate of drug-likeness (QED) is 0.859. The molecule has 108 valence electrons. The van der Waals surface area contributed by atoms with Gasteiger partial charge in [-0.2, -0.15) is 5.10 Å². The van der Waals surface area contributed by atoms with Crippen LogP contribution in [0.25, 0.3) is 0 Å². The van der Waals surface area contributed by atoms with Gasteiger partial charge in [0.05, 0.1) is 11.1 Å². The van der Waals surface area contributed by atoms with E-state index in [1.807, 2.05) is 23.9 Å². The Morgan fingerprint density at radius 3 is 2.57 bits per heavy atom. The molecule has 0 atom stereocenters. The Morgan fingerprint density at radius 2 is 1.86 bits per heavy atom. The zero-order valence-electron chi connectivity index (χ0n) is 12.0. The molecule has 0 aliphatic carbocycles. The summed E-state index contributed by atoms with van der Waals surface area (Å²) in [5.74, 6) is -0.485. The van der Waals surface area contributed by atoms with Gasteiger partial charge in [-0.05, 0) is 24.3 Å². The molecule has 1 N–H and O–H groups in total. The summed E-state index contributed by atoms with van der Waals surface area (Å²) in [5.41, 5.74) is 2.91. The molecule has 1 aliphatic rings. The standard InChI is InChI=1S/C15H16N4O2/c1-18-14(20)12-4-3-10(9-13(12)15(18)21)16-7-5-11-6-8-17-19(11)2/h3-4,6,8-9,16H,5,7H2,1-2H3. The van der Waals surface area contributed by atoms with E-state index in [0.29, 0.717) is 11.1 Å². The summed E-state index contributed by atoms with van der Waals surface area (Å²) in [6.07, 6.45) is 2.60. The van der Waals surface area contributed by atoms with Gasteiger partial charge in [0.25, 0.3) is 11.8 Å². The van der Waals surface area contributed by atoms with Gasteiger partial charge < -0.3 is 5.32 Å². The van der Waals surface area contributed by atoms with Gasteiger partial charge in [0.15, 0.2) is 0 Å². The van der Waals surface area contributed by atoms with Crippen LogP contribution >= 0.6 is 0 Å². The number of fused-ring (bicyclic) bond motifs is 1. The molecule has 2 amide bonds. The number of carbonyl (C=O) groups is 2. The number of nitrogens with one attached hydrogen (secondary N) is 1. The number of imide groups is 1. The number of benzene rings is 1. The molecule has 0 saturated carbocycles. The molecule has 0 radical (unpaired) electrons. The second-order valence-corrected chi connectivity index (χ2v) is 5.05. The van der Waals surface area contributed by atoms with Crippen molar-refractivity contribution < 1.29 is 9.59 Å². The summed E-state index contributed by atoms with van der Waals surface area (Å²) in [4.78, 5) is 24.9. The van der Waals surface area contributed by atoms with Gasteiger partial charge in [-0.3, -0.25) is 19.2 Å². The lowest BCUT2D eigenvalue weighted by atomic mass is 10.1. The highest BCUT2D eigenvalue weighted by molar-refractivity contribution is 6.21. The molecular weight excluding hydrogens is 268 g/mol. The molecule has 0 fully saturated rings. The highest BCUT2D eigenvalue weighted by Crippen LogP contribution is 2.24. The van der Waals surface area contributed by atoms with E-state index in [1.165, 1.54) is 7.05 Å². The number of carbonyl (C=O) groups excluding carboxylic acids is 2. The number of hydrogen-bond acceptors (Lipinski definition) is 4. The second-order valence-electron chi connectivity index (χ2n) is 5.05. The summed E-state index contributed by atoms with van der Waals surface area (Å²) in [6, 6.07) is 7.24. The maximum absolute atomic E-state index is 11.9. The molecule has 1 aromatic carbocycles. The smallest absolute Gasteiger partial charge is 0.261 e. The average molecular weight is 284 g/mol. The maximum Gasteiger partial charge on any atom is 0.261 e. The topological polar surface area (TPSA) is 67.2 Å². The Labute approximate surface area is 122 Å². The van der Waals surface area contributed by atoms with Gasteiger partial charge in [-0.15, -0.1) is 0 Å². The van der Waals surface area contributed by atoms with E-state index < -0.39 is 0 Å². The Kier molecular flexibility index (Phi) is 3.21. The molecule has 6 heteroatoms. The van der Waals surface area contributed by atoms with Gasteiger partial charge in [-0.25, -0.2) is 0 Å². The third-order valence-corrected chi connectivity index (χ3v) is 3.72. The Hall–Kier alpha value is -2.63. The molecule has 0 saturated heterocycles. The lowest BCUT2D eigenvalue weighted by Gasteiger charge is -2.07. The second kappa shape index (κ2) is 5.05. The van der Waals surface area contributed by atoms with Crippen molar-refractivity contribution in [3.8, 4) is 0 Å². The van der Waals surface area contributed by atoms with Gasteiger partial charge in [-0.1, -0.05) is 0 Å². The van der Waals surface area contributed by atoms with Gasteiger partial charge in [0, 0.05) is 44.6 Å². The van der Waals surface area contributed by atoms with E-state index in [1.54, 1.807) is 18.3 Å². The van der Waals surface area contributed by atoms with Crippen LogP contribution in [0.15, 0.2) is 30.5 Å². The summed E-state index contributed by atoms with van der Waals surface area (Å²) in [6.45, 7) is 0.732. The van der Waals surface area contributed by atoms with E-state index in [0.717, 1.165) is 29.2 Å². The molecule has 1 aromatic heterocycles. The first-order valence-electron chi connectivity index (χ1n) is 6.75. The summed E-state index contributed by atoms with van der Waals surface area (Å²) in [7, 11) is 3.41. The van der Waals surface area contributed by atoms with Gasteiger partial charge >= 0.3 is 0 Å². The molecule has 3 rings (SSSR count). The first kappa shape index (κ1) is 13.4. The van der Waals surface area contributed by atoms with Crippen LogP contribution in [-0.4, -0.2) is 40.1 Å². The largest absolute Gasteiger partial charge is 0.385 e. The normalized spacial score (nSPS) is 13.7. The van der Waals surface area contributed by atoms with Crippen LogP contribution in [-0.2, 0) is 13.5 Å². The SMILES string of the molecule is CN1C(=O)c2ccc(NCCc3ccnn3C)cc2C1=O. The molecule has 1 aliphatic heterocycles. The van der Waals surface area contributed by atoms with Crippen molar-refractivity contribution in [2.45, 2.75) is 6.42 Å². The fraction of sp³-hybridized carbons (Fsp3) is 0.267. The molecule has 0 spiro atoms. The molecule has 0 bridgehead atoms. The Balaban J connectivity index is 1.70. The third-order valence-electron chi connectivity index (χ3n) is 3.72. The molecule has 2 heterocycles. The van der Waals surface area contributed by atoms with E-state index in [4.69, 9.17) is 0 Å². The van der Waals surface area contributed by atoms with Gasteiger partial charge in [0.2, 0.25) is 0 Å². The fourth-order valence-corrected chi connectivity index (χ4v) is 2.45. The van der Waals surface area contributed by atoms with Crippen LogP contribution < -0.4 is 5.32 Å². The minimum Gasteiger partial charge on any atom is -0.385 e. The summed E-state index contributed by atoms with van der Waals surface area (Å²) >= 11 is 0. The van der Waals surface area contributed by atoms with Crippen LogP contribution in [0.4, 0.5) is 5.69 Å². The van der Waals surface area contributed by atoms with Crippen LogP contribution in [0.5, 0.6) is 0 Å². The van der Waals surface area contributed by atoms with Crippen molar-refractivity contribution in [3.05, 3.63) is 47.3 Å². The molecular formula is C15H16N4O2. The highest BCUT2D eigenvalue weighted by Gasteiger charge is 2.32. The monoisotopic (exact) mass is 284 g/mol. The van der Waals surface area contributed by atoms with Crippen molar-refractivity contribution in [2.75, 3.05) is 18.9 Å². The van der Waals surface area contributed by atoms with Crippen LogP contribution in [0.3, 0.4) is 0 Å². The van der Waals surface area contributed by atoms with E-state index >= 15 is 0 Å². The summed E-state index contributed by atoms with van der Waals surface area (Å²) in [5, 5.41) is 7.38. The number of anilines is 1. The number of aromatic nitrogens is 2. The number of hydrogen-bond donors (Lipinski definition) is 1. The fourth-order valence-electron chi connectivity index (χ4n) is 2.45. The number of aryl methyl sites for hydroxylation is 1. The molecule has 2 aromatic rings. The van der Waals surface area contributed by atoms with Gasteiger partial charge in [0.1, 0.15) is 0 Å². The zero-order chi connectivity index (χ0) is 15.0. The van der Waals surface area contributed by atoms with Crippen LogP contribution in [0.1, 0.15) is 26.4 Å². The third kappa shape index (κ3) is 2.29. The maximum atomic E-state index is 11.9. The Morgan fingerprint density at radius 1 is 1.10 bits per heavy atom. The van der Waals surface area contributed by atoms with Crippen LogP contribution in [0.2, 0.25) is 0 Å². The molecule has 21 heavy (non-hydrogen) atoms. The minimum atomic E-state index is -0.245. The molecule has 0 unspecified atom stereocenters. The van der Waals surface area contributed by atoms with Crippen molar-refractivity contribution in [1.82, 2.24) is 14.7 Å². The number of amides is 2. The highest BCUT2D eigenvalue weighted by atomic mass is 16.2. The van der Waals surface area contributed by atoms with Crippen molar-refractivity contribution in [3.63, 3.8) is 0 Å². The number of nitrogens with zero attached hydrogens (tertiary/aromatic N) is 3. The lowest BCUT2D eigenvalue weighted by Crippen LogP contribution is -2.24. The first-order chi connectivity index (χ1) is 10.1. The van der Waals surface area contributed by atoms with Crippen molar-refractivity contribution in [2.24, 2.45) is 7.05 Å². The first-order valence-corrected chi connectivity index (χ1v) is 6.75. The molecule has 6 nitrogen and oxygen atoms in total. The zero-order valence-corrected chi connectivity index (χ0v) is 12.0. The van der Waals surface area contributed by atoms with E-state index in [-0.39, 0.29) is 11.8 Å². The minimum absolute atomic E-state index is 0.239. The predicted octanol–water partition coefficient (Wildman–Crippen LogP) is 1.30. The van der Waals surface area contributed by atoms with E-state index in [9.17, 15) is 9.59 Å². The van der Waals surface area contributed by atoms with E-state index in [2.05, 4.69) is 10.4 Å². The van der Waals surface area contributed by atoms with Crippen molar-refractivity contribution >= 4 is 17.5 Å². The lowest BCUT2D eigenvalue weighted by molar-refractivity contribution is 0.0693.